The van der Waals surface area contributed by atoms with Gasteiger partial charge in [0.1, 0.15) is 5.67 Å². The van der Waals surface area contributed by atoms with E-state index in [1.807, 2.05) is 6.92 Å². The van der Waals surface area contributed by atoms with Gasteiger partial charge in [-0.3, -0.25) is 0 Å². The van der Waals surface area contributed by atoms with Crippen LogP contribution in [0, 0.1) is 11.8 Å². The van der Waals surface area contributed by atoms with E-state index < -0.39 is 5.67 Å². The Morgan fingerprint density at radius 2 is 2.00 bits per heavy atom. The number of fused-ring (bicyclic) bond motifs is 2. The molecule has 2 heteroatoms. The Bertz CT molecular complexity index is 157. The summed E-state index contributed by atoms with van der Waals surface area (Å²) in [5.74, 6) is 0.998. The summed E-state index contributed by atoms with van der Waals surface area (Å²) in [6.45, 7) is 1.94. The second-order valence-corrected chi connectivity index (χ2v) is 4.25. The lowest BCUT2D eigenvalue weighted by atomic mass is 9.56. The molecule has 3 rings (SSSR count). The normalized spacial score (nSPS) is 55.4. The first-order valence-corrected chi connectivity index (χ1v) is 4.59. The van der Waals surface area contributed by atoms with Crippen LogP contribution in [-0.2, 0) is 0 Å². The van der Waals surface area contributed by atoms with Gasteiger partial charge in [0.15, 0.2) is 0 Å². The van der Waals surface area contributed by atoms with Crippen molar-refractivity contribution in [3.8, 4) is 0 Å². The molecule has 2 bridgehead atoms. The van der Waals surface area contributed by atoms with Crippen molar-refractivity contribution < 1.29 is 4.39 Å². The number of alkyl halides is 1. The van der Waals surface area contributed by atoms with Crippen LogP contribution in [-0.4, -0.2) is 11.7 Å². The number of nitrogens with two attached hydrogens (primary N) is 1. The maximum atomic E-state index is 13.7. The SMILES string of the molecule is CC[C@]1(F)CC2C[C@H](C1)[C@H]2N. The van der Waals surface area contributed by atoms with Crippen LogP contribution in [0.4, 0.5) is 4.39 Å². The molecule has 0 amide bonds. The minimum Gasteiger partial charge on any atom is -0.327 e. The molecule has 3 saturated carbocycles. The molecule has 11 heavy (non-hydrogen) atoms. The lowest BCUT2D eigenvalue weighted by Gasteiger charge is -2.53. The Morgan fingerprint density at radius 3 is 2.36 bits per heavy atom. The Labute approximate surface area is 67.2 Å². The third-order valence-corrected chi connectivity index (χ3v) is 3.58. The molecule has 4 atom stereocenters. The monoisotopic (exact) mass is 157 g/mol. The fourth-order valence-corrected chi connectivity index (χ4v) is 2.64. The van der Waals surface area contributed by atoms with Crippen molar-refractivity contribution in [3.63, 3.8) is 0 Å². The van der Waals surface area contributed by atoms with Crippen LogP contribution in [0.15, 0.2) is 0 Å². The Hall–Kier alpha value is -0.110. The molecule has 0 heterocycles. The molecule has 0 aromatic heterocycles. The van der Waals surface area contributed by atoms with Crippen LogP contribution >= 0.6 is 0 Å². The summed E-state index contributed by atoms with van der Waals surface area (Å²) < 4.78 is 13.7. The Kier molecular flexibility index (Phi) is 1.50. The van der Waals surface area contributed by atoms with Crippen LogP contribution in [0.1, 0.15) is 32.6 Å². The molecule has 1 unspecified atom stereocenters. The summed E-state index contributed by atoms with van der Waals surface area (Å²) in [5.41, 5.74) is 4.98. The number of hydrogen-bond acceptors (Lipinski definition) is 1. The number of rotatable bonds is 1. The largest absolute Gasteiger partial charge is 0.327 e. The van der Waals surface area contributed by atoms with Crippen LogP contribution in [0.5, 0.6) is 0 Å². The van der Waals surface area contributed by atoms with E-state index in [0.29, 0.717) is 24.3 Å². The van der Waals surface area contributed by atoms with Crippen LogP contribution in [0.2, 0.25) is 0 Å². The molecule has 3 aliphatic carbocycles. The summed E-state index contributed by atoms with van der Waals surface area (Å²) in [6.07, 6.45) is 3.31. The van der Waals surface area contributed by atoms with Crippen molar-refractivity contribution >= 4 is 0 Å². The van der Waals surface area contributed by atoms with Gasteiger partial charge in [-0.25, -0.2) is 4.39 Å². The Morgan fingerprint density at radius 1 is 1.45 bits per heavy atom. The third kappa shape index (κ3) is 0.994. The average Bonchev–Trinajstić information content (AvgIpc) is 2.04. The van der Waals surface area contributed by atoms with Crippen molar-refractivity contribution in [1.82, 2.24) is 0 Å². The van der Waals surface area contributed by atoms with Gasteiger partial charge in [0.2, 0.25) is 0 Å². The number of hydrogen-bond donors (Lipinski definition) is 1. The van der Waals surface area contributed by atoms with Crippen LogP contribution < -0.4 is 5.73 Å². The second kappa shape index (κ2) is 2.19. The van der Waals surface area contributed by atoms with E-state index in [1.165, 1.54) is 6.42 Å². The van der Waals surface area contributed by atoms with E-state index in [9.17, 15) is 4.39 Å². The first-order chi connectivity index (χ1) is 5.14. The summed E-state index contributed by atoms with van der Waals surface area (Å²) >= 11 is 0. The molecule has 1 nitrogen and oxygen atoms in total. The summed E-state index contributed by atoms with van der Waals surface area (Å²) in [5, 5.41) is 0. The molecular weight excluding hydrogens is 141 g/mol. The fraction of sp³-hybridized carbons (Fsp3) is 1.00. The van der Waals surface area contributed by atoms with Gasteiger partial charge in [0.05, 0.1) is 0 Å². The highest BCUT2D eigenvalue weighted by molar-refractivity contribution is 5.04. The maximum absolute atomic E-state index is 13.7. The van der Waals surface area contributed by atoms with Crippen molar-refractivity contribution in [3.05, 3.63) is 0 Å². The summed E-state index contributed by atoms with van der Waals surface area (Å²) in [7, 11) is 0. The predicted molar refractivity (Wildman–Crippen MR) is 42.9 cm³/mol. The molecule has 3 aliphatic rings. The molecule has 0 radical (unpaired) electrons. The third-order valence-electron chi connectivity index (χ3n) is 3.58. The van der Waals surface area contributed by atoms with Crippen LogP contribution in [0.3, 0.4) is 0 Å². The molecule has 2 N–H and O–H groups in total. The van der Waals surface area contributed by atoms with Crippen molar-refractivity contribution in [2.24, 2.45) is 17.6 Å². The molecule has 0 saturated heterocycles. The standard InChI is InChI=1S/C9H16FN/c1-2-9(10)4-6-3-7(5-9)8(6)11/h6-8H,2-5,11H2,1H3/t6-,7?,8-,9-/m1/s1. The summed E-state index contributed by atoms with van der Waals surface area (Å²) in [4.78, 5) is 0. The van der Waals surface area contributed by atoms with Gasteiger partial charge in [0, 0.05) is 6.04 Å². The lowest BCUT2D eigenvalue weighted by Crippen LogP contribution is -2.57. The number of halogens is 1. The van der Waals surface area contributed by atoms with Gasteiger partial charge in [0.25, 0.3) is 0 Å². The van der Waals surface area contributed by atoms with E-state index in [4.69, 9.17) is 5.73 Å². The topological polar surface area (TPSA) is 26.0 Å². The molecule has 0 aliphatic heterocycles. The van der Waals surface area contributed by atoms with Gasteiger partial charge >= 0.3 is 0 Å². The van der Waals surface area contributed by atoms with E-state index >= 15 is 0 Å². The van der Waals surface area contributed by atoms with E-state index in [2.05, 4.69) is 0 Å². The fourth-order valence-electron chi connectivity index (χ4n) is 2.64. The first-order valence-electron chi connectivity index (χ1n) is 4.59. The van der Waals surface area contributed by atoms with Gasteiger partial charge in [-0.15, -0.1) is 0 Å². The van der Waals surface area contributed by atoms with Crippen molar-refractivity contribution in [2.75, 3.05) is 0 Å². The smallest absolute Gasteiger partial charge is 0.111 e. The van der Waals surface area contributed by atoms with E-state index in [1.54, 1.807) is 0 Å². The van der Waals surface area contributed by atoms with Crippen LogP contribution in [0.25, 0.3) is 0 Å². The molecule has 3 fully saturated rings. The molecular formula is C9H16FN. The van der Waals surface area contributed by atoms with Gasteiger partial charge in [-0.1, -0.05) is 6.92 Å². The van der Waals surface area contributed by atoms with Gasteiger partial charge in [-0.05, 0) is 37.5 Å². The molecule has 0 aromatic rings. The molecule has 0 spiro atoms. The van der Waals surface area contributed by atoms with E-state index in [-0.39, 0.29) is 0 Å². The zero-order valence-electron chi connectivity index (χ0n) is 7.02. The summed E-state index contributed by atoms with van der Waals surface area (Å²) in [6, 6.07) is 0.324. The quantitative estimate of drug-likeness (QED) is 0.617. The minimum absolute atomic E-state index is 0.324. The highest BCUT2D eigenvalue weighted by Gasteiger charge is 2.51. The second-order valence-electron chi connectivity index (χ2n) is 4.25. The zero-order chi connectivity index (χ0) is 8.06. The van der Waals surface area contributed by atoms with Gasteiger partial charge < -0.3 is 5.73 Å². The predicted octanol–water partition coefficient (Wildman–Crippen LogP) is 1.86. The Balaban J connectivity index is 2.04. The lowest BCUT2D eigenvalue weighted by molar-refractivity contribution is -0.0486. The highest BCUT2D eigenvalue weighted by atomic mass is 19.1. The highest BCUT2D eigenvalue weighted by Crippen LogP contribution is 2.51. The van der Waals surface area contributed by atoms with Gasteiger partial charge in [-0.2, -0.15) is 0 Å². The maximum Gasteiger partial charge on any atom is 0.111 e. The molecule has 64 valence electrons. The first kappa shape index (κ1) is 7.53. The van der Waals surface area contributed by atoms with Crippen molar-refractivity contribution in [2.45, 2.75) is 44.3 Å². The zero-order valence-corrected chi connectivity index (χ0v) is 7.02. The minimum atomic E-state index is -0.858. The average molecular weight is 157 g/mol. The van der Waals surface area contributed by atoms with E-state index in [0.717, 1.165) is 12.8 Å². The van der Waals surface area contributed by atoms with Crippen molar-refractivity contribution in [1.29, 1.82) is 0 Å². The molecule has 0 aromatic carbocycles.